The van der Waals surface area contributed by atoms with E-state index in [2.05, 4.69) is 0 Å². The van der Waals surface area contributed by atoms with Crippen LogP contribution in [0.2, 0.25) is 0 Å². The highest BCUT2D eigenvalue weighted by molar-refractivity contribution is 6.04. The molecule has 8 nitrogen and oxygen atoms in total. The molecule has 1 unspecified atom stereocenters. The molecule has 41 heavy (non-hydrogen) atoms. The molecule has 4 aliphatic heterocycles. The van der Waals surface area contributed by atoms with Gasteiger partial charge in [0.05, 0.1) is 30.1 Å². The zero-order valence-corrected chi connectivity index (χ0v) is 24.4. The summed E-state index contributed by atoms with van der Waals surface area (Å²) in [6.45, 7) is 6.46. The molecular formula is C33H43N3O5. The van der Waals surface area contributed by atoms with Crippen LogP contribution >= 0.6 is 0 Å². The van der Waals surface area contributed by atoms with Gasteiger partial charge in [-0.25, -0.2) is 0 Å². The third-order valence-corrected chi connectivity index (χ3v) is 10.3. The van der Waals surface area contributed by atoms with Crippen LogP contribution in [0.3, 0.4) is 0 Å². The van der Waals surface area contributed by atoms with Crippen LogP contribution in [0.1, 0.15) is 59.3 Å². The predicted octanol–water partition coefficient (Wildman–Crippen LogP) is 3.70. The first kappa shape index (κ1) is 28.2. The first-order valence-electron chi connectivity index (χ1n) is 15.4. The third kappa shape index (κ3) is 4.20. The highest BCUT2D eigenvalue weighted by atomic mass is 16.5. The smallest absolute Gasteiger partial charge is 0.249 e. The van der Waals surface area contributed by atoms with E-state index in [9.17, 15) is 19.5 Å². The fourth-order valence-electron chi connectivity index (χ4n) is 8.26. The number of ether oxygens (including phenoxy) is 1. The summed E-state index contributed by atoms with van der Waals surface area (Å²) in [7, 11) is 0. The Balaban J connectivity index is 1.50. The quantitative estimate of drug-likeness (QED) is 0.535. The third-order valence-electron chi connectivity index (χ3n) is 10.3. The average Bonchev–Trinajstić information content (AvgIpc) is 3.27. The highest BCUT2D eigenvalue weighted by Gasteiger charge is 2.76. The number of aliphatic hydroxyl groups is 1. The number of carbonyl (C=O) groups is 3. The lowest BCUT2D eigenvalue weighted by Gasteiger charge is -2.43. The molecule has 0 aromatic heterocycles. The SMILES string of the molecule is CC[C@@]12C=CCN(c3ccccc3)C(=O)[C@@H]1[C@H]1C(=O)N([C@@H](CO)C(C)C)C3C(=O)N(C4CCCCC4)CC=C[C@@]31O2. The van der Waals surface area contributed by atoms with Crippen LogP contribution < -0.4 is 4.90 Å². The largest absolute Gasteiger partial charge is 0.394 e. The predicted molar refractivity (Wildman–Crippen MR) is 156 cm³/mol. The molecule has 1 aliphatic carbocycles. The zero-order chi connectivity index (χ0) is 28.9. The Morgan fingerprint density at radius 3 is 2.29 bits per heavy atom. The number of benzene rings is 1. The standard InChI is InChI=1S/C33H43N3O5/c1-4-32-17-11-19-34(23-13-7-5-8-14-23)29(38)26(32)27-30(39)36(25(21-37)22(2)3)28-31(40)35(24-15-9-6-10-16-24)20-12-18-33(27,28)41-32/h5,7-8,11-14,17-18,22,24-28,37H,4,6,9-10,15-16,19-21H2,1-3H3/t25-,26-,27-,28?,32+,33-/m0/s1. The van der Waals surface area contributed by atoms with E-state index in [0.29, 0.717) is 19.5 Å². The number of carbonyl (C=O) groups excluding carboxylic acids is 3. The number of hydrogen-bond acceptors (Lipinski definition) is 5. The van der Waals surface area contributed by atoms with Gasteiger partial charge in [0.25, 0.3) is 0 Å². The Bertz CT molecular complexity index is 1240. The minimum absolute atomic E-state index is 0.0931. The molecule has 8 heteroatoms. The van der Waals surface area contributed by atoms with Crippen LogP contribution in [0, 0.1) is 17.8 Å². The van der Waals surface area contributed by atoms with Crippen molar-refractivity contribution in [2.24, 2.45) is 17.8 Å². The zero-order valence-electron chi connectivity index (χ0n) is 24.4. The highest BCUT2D eigenvalue weighted by Crippen LogP contribution is 2.59. The molecule has 0 bridgehead atoms. The molecule has 1 spiro atoms. The first-order valence-corrected chi connectivity index (χ1v) is 15.4. The van der Waals surface area contributed by atoms with Crippen LogP contribution in [0.25, 0.3) is 0 Å². The first-order chi connectivity index (χ1) is 19.8. The summed E-state index contributed by atoms with van der Waals surface area (Å²) in [6.07, 6.45) is 13.5. The normalized spacial score (nSPS) is 34.5. The maximum atomic E-state index is 14.7. The monoisotopic (exact) mass is 561 g/mol. The Morgan fingerprint density at radius 1 is 0.927 bits per heavy atom. The molecular weight excluding hydrogens is 518 g/mol. The summed E-state index contributed by atoms with van der Waals surface area (Å²) in [5, 5.41) is 10.6. The molecule has 6 atom stereocenters. The molecule has 3 amide bonds. The van der Waals surface area contributed by atoms with Crippen molar-refractivity contribution in [3.8, 4) is 0 Å². The van der Waals surface area contributed by atoms with Crippen LogP contribution in [0.15, 0.2) is 54.6 Å². The summed E-state index contributed by atoms with van der Waals surface area (Å²) in [6, 6.07) is 8.12. The van der Waals surface area contributed by atoms with E-state index in [1.54, 1.807) is 9.80 Å². The molecule has 1 saturated carbocycles. The number of amides is 3. The Morgan fingerprint density at radius 2 is 1.63 bits per heavy atom. The fraction of sp³-hybridized carbons (Fsp3) is 0.606. The van der Waals surface area contributed by atoms with Gasteiger partial charge in [-0.1, -0.05) is 82.5 Å². The van der Waals surface area contributed by atoms with Gasteiger partial charge >= 0.3 is 0 Å². The second kappa shape index (κ2) is 10.7. The summed E-state index contributed by atoms with van der Waals surface area (Å²) < 4.78 is 7.10. The molecule has 220 valence electrons. The van der Waals surface area contributed by atoms with Crippen molar-refractivity contribution < 1.29 is 24.2 Å². The number of likely N-dealkylation sites (tertiary alicyclic amines) is 1. The number of fused-ring (bicyclic) bond motifs is 2. The minimum atomic E-state index is -1.31. The molecule has 0 radical (unpaired) electrons. The molecule has 1 aromatic carbocycles. The Labute approximate surface area is 243 Å². The summed E-state index contributed by atoms with van der Waals surface area (Å²) in [5.74, 6) is -2.35. The summed E-state index contributed by atoms with van der Waals surface area (Å²) in [4.78, 5) is 49.3. The van der Waals surface area contributed by atoms with Crippen molar-refractivity contribution in [3.63, 3.8) is 0 Å². The lowest BCUT2D eigenvalue weighted by atomic mass is 9.73. The number of aliphatic hydroxyl groups excluding tert-OH is 1. The van der Waals surface area contributed by atoms with Crippen LogP contribution in [0.4, 0.5) is 5.69 Å². The number of rotatable bonds is 6. The minimum Gasteiger partial charge on any atom is -0.394 e. The van der Waals surface area contributed by atoms with Gasteiger partial charge in [-0.05, 0) is 37.3 Å². The van der Waals surface area contributed by atoms with Gasteiger partial charge in [0.2, 0.25) is 17.7 Å². The summed E-state index contributed by atoms with van der Waals surface area (Å²) >= 11 is 0. The topological polar surface area (TPSA) is 90.4 Å². The van der Waals surface area contributed by atoms with E-state index < -0.39 is 35.1 Å². The van der Waals surface area contributed by atoms with E-state index >= 15 is 0 Å². The van der Waals surface area contributed by atoms with Crippen molar-refractivity contribution >= 4 is 23.4 Å². The maximum absolute atomic E-state index is 14.7. The van der Waals surface area contributed by atoms with Gasteiger partial charge in [-0.2, -0.15) is 0 Å². The van der Waals surface area contributed by atoms with Crippen molar-refractivity contribution in [2.45, 2.75) is 88.6 Å². The number of hydrogen-bond donors (Lipinski definition) is 1. The maximum Gasteiger partial charge on any atom is 0.249 e. The van der Waals surface area contributed by atoms with Crippen molar-refractivity contribution in [1.82, 2.24) is 9.80 Å². The molecule has 1 aromatic rings. The van der Waals surface area contributed by atoms with Gasteiger partial charge in [0.15, 0.2) is 0 Å². The van der Waals surface area contributed by atoms with E-state index in [1.165, 1.54) is 6.42 Å². The van der Waals surface area contributed by atoms with E-state index in [1.807, 2.05) is 80.3 Å². The fourth-order valence-corrected chi connectivity index (χ4v) is 8.26. The lowest BCUT2D eigenvalue weighted by molar-refractivity contribution is -0.158. The van der Waals surface area contributed by atoms with E-state index in [0.717, 1.165) is 31.4 Å². The van der Waals surface area contributed by atoms with Crippen molar-refractivity contribution in [1.29, 1.82) is 0 Å². The lowest BCUT2D eigenvalue weighted by Crippen LogP contribution is -2.61. The number of para-hydroxylation sites is 1. The molecule has 4 heterocycles. The second-order valence-corrected chi connectivity index (χ2v) is 12.7. The Kier molecular flexibility index (Phi) is 7.35. The van der Waals surface area contributed by atoms with Crippen LogP contribution in [-0.4, -0.2) is 81.7 Å². The molecule has 2 saturated heterocycles. The van der Waals surface area contributed by atoms with E-state index in [4.69, 9.17) is 4.74 Å². The molecule has 1 N–H and O–H groups in total. The van der Waals surface area contributed by atoms with Crippen LogP contribution in [0.5, 0.6) is 0 Å². The second-order valence-electron chi connectivity index (χ2n) is 12.7. The number of anilines is 1. The van der Waals surface area contributed by atoms with E-state index in [-0.39, 0.29) is 36.3 Å². The Hall–Kier alpha value is -2.97. The van der Waals surface area contributed by atoms with Crippen molar-refractivity contribution in [2.75, 3.05) is 24.6 Å². The summed E-state index contributed by atoms with van der Waals surface area (Å²) in [5.41, 5.74) is -1.57. The van der Waals surface area contributed by atoms with Gasteiger partial charge in [-0.15, -0.1) is 0 Å². The number of nitrogens with zero attached hydrogens (tertiary/aromatic N) is 3. The van der Waals surface area contributed by atoms with Gasteiger partial charge in [0.1, 0.15) is 11.6 Å². The van der Waals surface area contributed by atoms with Crippen LogP contribution in [-0.2, 0) is 19.1 Å². The van der Waals surface area contributed by atoms with Crippen molar-refractivity contribution in [3.05, 3.63) is 54.6 Å². The average molecular weight is 562 g/mol. The molecule has 5 aliphatic rings. The van der Waals surface area contributed by atoms with Gasteiger partial charge in [0, 0.05) is 24.8 Å². The molecule has 3 fully saturated rings. The molecule has 6 rings (SSSR count). The van der Waals surface area contributed by atoms with Gasteiger partial charge < -0.3 is 24.5 Å². The van der Waals surface area contributed by atoms with Gasteiger partial charge in [-0.3, -0.25) is 14.4 Å².